The molecule has 0 spiro atoms. The first-order valence-electron chi connectivity index (χ1n) is 22.7. The maximum absolute atomic E-state index is 14.2. The van der Waals surface area contributed by atoms with Crippen LogP contribution < -0.4 is 32.3 Å². The van der Waals surface area contributed by atoms with Crippen molar-refractivity contribution in [2.45, 2.75) is 178 Å². The number of aromatic hydroxyl groups is 1. The number of aryl methyl sites for hydroxylation is 1. The minimum Gasteiger partial charge on any atom is -0.508 e. The third-order valence-corrected chi connectivity index (χ3v) is 12.1. The SMILES string of the molecule is CCCCCCCCCCCCNC1CCCNC(=O)C2CC(N)CN2C(=O)[C@@](C)(O)NC(=O)C(CCc2ccc(O)cc2)NC(=O)C2C[C@@H](O)CN2C(=O)C([C@@H](C)O)NC1=O. The molecule has 3 aliphatic heterocycles. The minimum absolute atomic E-state index is 0.0218. The zero-order chi connectivity index (χ0) is 45.4. The number of aliphatic hydroxyl groups excluding tert-OH is 2. The van der Waals surface area contributed by atoms with Gasteiger partial charge in [0, 0.05) is 32.1 Å². The molecule has 3 heterocycles. The summed E-state index contributed by atoms with van der Waals surface area (Å²) >= 11 is 0. The van der Waals surface area contributed by atoms with E-state index in [-0.39, 0.29) is 57.5 Å². The van der Waals surface area contributed by atoms with Crippen molar-refractivity contribution in [1.82, 2.24) is 36.4 Å². The Hall–Kier alpha value is -4.36. The van der Waals surface area contributed by atoms with Gasteiger partial charge in [-0.15, -0.1) is 0 Å². The molecule has 1 aromatic carbocycles. The van der Waals surface area contributed by atoms with E-state index in [1.165, 1.54) is 57.6 Å². The predicted octanol–water partition coefficient (Wildman–Crippen LogP) is 0.179. The van der Waals surface area contributed by atoms with Gasteiger partial charge in [0.05, 0.1) is 18.2 Å². The number of amides is 6. The zero-order valence-electron chi connectivity index (χ0n) is 36.8. The van der Waals surface area contributed by atoms with Gasteiger partial charge in [-0.1, -0.05) is 76.8 Å². The van der Waals surface area contributed by atoms with Gasteiger partial charge in [-0.05, 0) is 76.6 Å². The summed E-state index contributed by atoms with van der Waals surface area (Å²) in [6, 6.07) is -0.521. The summed E-state index contributed by atoms with van der Waals surface area (Å²) in [6.07, 6.45) is 9.42. The molecule has 0 aliphatic carbocycles. The molecule has 0 radical (unpaired) electrons. The Morgan fingerprint density at radius 3 is 2.11 bits per heavy atom. The number of carbonyl (C=O) groups excluding carboxylic acids is 6. The van der Waals surface area contributed by atoms with Crippen molar-refractivity contribution in [3.8, 4) is 5.75 Å². The smallest absolute Gasteiger partial charge is 0.276 e. The summed E-state index contributed by atoms with van der Waals surface area (Å²) < 4.78 is 0. The number of hydrogen-bond acceptors (Lipinski definition) is 12. The molecule has 0 bridgehead atoms. The van der Waals surface area contributed by atoms with Crippen molar-refractivity contribution >= 4 is 35.4 Å². The molecule has 3 fully saturated rings. The van der Waals surface area contributed by atoms with Crippen LogP contribution >= 0.6 is 0 Å². The van der Waals surface area contributed by atoms with Gasteiger partial charge >= 0.3 is 0 Å². The lowest BCUT2D eigenvalue weighted by atomic mass is 10.0. The number of nitrogens with zero attached hydrogens (tertiary/aromatic N) is 2. The highest BCUT2D eigenvalue weighted by Crippen LogP contribution is 2.23. The maximum atomic E-state index is 14.2. The number of nitrogens with two attached hydrogens (primary N) is 1. The summed E-state index contributed by atoms with van der Waals surface area (Å²) in [6.45, 7) is 4.86. The Morgan fingerprint density at radius 1 is 0.839 bits per heavy atom. The monoisotopic (exact) mass is 873 g/mol. The number of unbranched alkanes of at least 4 members (excludes halogenated alkanes) is 9. The minimum atomic E-state index is -2.55. The third kappa shape index (κ3) is 14.9. The van der Waals surface area contributed by atoms with Crippen LogP contribution in [0.3, 0.4) is 0 Å². The molecule has 4 rings (SSSR count). The number of rotatable bonds is 16. The summed E-state index contributed by atoms with van der Waals surface area (Å²) in [5.41, 5.74) is 4.35. The van der Waals surface area contributed by atoms with Crippen LogP contribution in [0.2, 0.25) is 0 Å². The van der Waals surface area contributed by atoms with Crippen molar-refractivity contribution in [2.75, 3.05) is 26.2 Å². The Bertz CT molecular complexity index is 1650. The van der Waals surface area contributed by atoms with Crippen LogP contribution in [0.4, 0.5) is 0 Å². The number of aliphatic hydroxyl groups is 3. The fourth-order valence-corrected chi connectivity index (χ4v) is 8.49. The number of hydrogen-bond donors (Lipinski definition) is 10. The van der Waals surface area contributed by atoms with Gasteiger partial charge in [0.25, 0.3) is 5.91 Å². The number of phenolic OH excluding ortho intramolecular Hbond substituents is 1. The third-order valence-electron chi connectivity index (χ3n) is 12.1. The van der Waals surface area contributed by atoms with Gasteiger partial charge < -0.3 is 62.5 Å². The number of fused-ring (bicyclic) bond motifs is 2. The second-order valence-electron chi connectivity index (χ2n) is 17.5. The molecule has 6 amide bonds. The summed E-state index contributed by atoms with van der Waals surface area (Å²) in [5.74, 6) is -4.65. The van der Waals surface area contributed by atoms with Gasteiger partial charge in [0.15, 0.2) is 0 Å². The normalized spacial score (nSPS) is 28.9. The Labute approximate surface area is 365 Å². The van der Waals surface area contributed by atoms with E-state index in [0.717, 1.165) is 42.4 Å². The zero-order valence-corrected chi connectivity index (χ0v) is 36.8. The predicted molar refractivity (Wildman–Crippen MR) is 231 cm³/mol. The highest BCUT2D eigenvalue weighted by atomic mass is 16.3. The average molecular weight is 873 g/mol. The lowest BCUT2D eigenvalue weighted by Gasteiger charge is -2.33. The molecular weight excluding hydrogens is 801 g/mol. The largest absolute Gasteiger partial charge is 0.508 e. The topological polar surface area (TPSA) is 276 Å². The van der Waals surface area contributed by atoms with Gasteiger partial charge in [-0.25, -0.2) is 0 Å². The van der Waals surface area contributed by atoms with Crippen molar-refractivity contribution in [3.63, 3.8) is 0 Å². The summed E-state index contributed by atoms with van der Waals surface area (Å²) in [4.78, 5) is 85.7. The average Bonchev–Trinajstić information content (AvgIpc) is 3.82. The van der Waals surface area contributed by atoms with E-state index in [2.05, 4.69) is 33.5 Å². The van der Waals surface area contributed by atoms with Crippen molar-refractivity contribution in [3.05, 3.63) is 29.8 Å². The van der Waals surface area contributed by atoms with E-state index in [4.69, 9.17) is 5.73 Å². The molecule has 9 atom stereocenters. The quantitative estimate of drug-likeness (QED) is 0.0997. The lowest BCUT2D eigenvalue weighted by molar-refractivity contribution is -0.160. The Morgan fingerprint density at radius 2 is 1.47 bits per heavy atom. The second kappa shape index (κ2) is 24.5. The second-order valence-corrected chi connectivity index (χ2v) is 17.5. The standard InChI is InChI=1S/C44H72N8O10/c1-4-5-6-7-8-9-10-11-12-13-22-46-33-15-14-23-47-40(58)35-24-30(45)26-52(35)43(61)44(3,62)50-39(57)34(21-18-29-16-19-31(54)20-17-29)48-41(59)36-25-32(55)27-51(36)42(60)37(28(2)53)49-38(33)56/h16-17,19-20,28,30,32-37,46,53-55,62H,4-15,18,21-27,45H2,1-3H3,(H,47,58)(H,48,59)(H,49,56)(H,50,57)/t28-,30?,32-,33?,34?,35?,36?,37?,44-/m1/s1. The molecule has 18 nitrogen and oxygen atoms in total. The van der Waals surface area contributed by atoms with Crippen LogP contribution in [0.5, 0.6) is 5.75 Å². The van der Waals surface area contributed by atoms with Crippen LogP contribution in [-0.2, 0) is 35.2 Å². The first kappa shape index (κ1) is 50.3. The molecule has 3 aliphatic rings. The van der Waals surface area contributed by atoms with E-state index in [0.29, 0.717) is 18.5 Å². The summed E-state index contributed by atoms with van der Waals surface area (Å²) in [5, 5.41) is 56.6. The van der Waals surface area contributed by atoms with Crippen LogP contribution in [0.1, 0.15) is 123 Å². The number of benzene rings is 1. The molecule has 0 saturated carbocycles. The lowest BCUT2D eigenvalue weighted by Crippen LogP contribution is -2.64. The number of phenols is 1. The van der Waals surface area contributed by atoms with Crippen molar-refractivity contribution in [1.29, 1.82) is 0 Å². The maximum Gasteiger partial charge on any atom is 0.276 e. The molecule has 6 unspecified atom stereocenters. The van der Waals surface area contributed by atoms with Crippen LogP contribution in [0.25, 0.3) is 0 Å². The van der Waals surface area contributed by atoms with Crippen molar-refractivity contribution < 1.29 is 49.2 Å². The van der Waals surface area contributed by atoms with Crippen LogP contribution in [0.15, 0.2) is 24.3 Å². The number of carbonyl (C=O) groups is 6. The highest BCUT2D eigenvalue weighted by Gasteiger charge is 2.47. The Balaban J connectivity index is 1.57. The van der Waals surface area contributed by atoms with Crippen LogP contribution in [0, 0.1) is 0 Å². The first-order chi connectivity index (χ1) is 29.5. The van der Waals surface area contributed by atoms with Crippen molar-refractivity contribution in [2.24, 2.45) is 5.73 Å². The fourth-order valence-electron chi connectivity index (χ4n) is 8.49. The van der Waals surface area contributed by atoms with E-state index >= 15 is 0 Å². The fraction of sp³-hybridized carbons (Fsp3) is 0.727. The molecule has 11 N–H and O–H groups in total. The molecule has 348 valence electrons. The molecular formula is C44H72N8O10. The van der Waals surface area contributed by atoms with Gasteiger partial charge in [-0.3, -0.25) is 28.8 Å². The molecule has 62 heavy (non-hydrogen) atoms. The summed E-state index contributed by atoms with van der Waals surface area (Å²) in [7, 11) is 0. The van der Waals surface area contributed by atoms with Gasteiger partial charge in [0.2, 0.25) is 35.3 Å². The number of nitrogens with one attached hydrogen (secondary N) is 5. The van der Waals surface area contributed by atoms with E-state index in [9.17, 15) is 49.2 Å². The molecule has 3 saturated heterocycles. The van der Waals surface area contributed by atoms with Gasteiger partial charge in [0.1, 0.15) is 29.9 Å². The van der Waals surface area contributed by atoms with Gasteiger partial charge in [-0.2, -0.15) is 0 Å². The first-order valence-corrected chi connectivity index (χ1v) is 22.7. The Kier molecular flexibility index (Phi) is 19.9. The highest BCUT2D eigenvalue weighted by molar-refractivity contribution is 5.98. The van der Waals surface area contributed by atoms with E-state index in [1.54, 1.807) is 12.1 Å². The van der Waals surface area contributed by atoms with Crippen LogP contribution in [-0.4, -0.2) is 146 Å². The molecule has 18 heteroatoms. The van der Waals surface area contributed by atoms with E-state index < -0.39 is 89.6 Å². The molecule has 0 aromatic heterocycles. The van der Waals surface area contributed by atoms with E-state index in [1.807, 2.05) is 0 Å². The molecule has 1 aromatic rings.